The molecule has 4 aliphatic carbocycles. The Morgan fingerprint density at radius 1 is 1.03 bits per heavy atom. The van der Waals surface area contributed by atoms with Crippen molar-refractivity contribution in [3.63, 3.8) is 0 Å². The molecule has 176 valence electrons. The molecule has 0 heterocycles. The van der Waals surface area contributed by atoms with Crippen molar-refractivity contribution in [3.8, 4) is 11.5 Å². The van der Waals surface area contributed by atoms with Crippen LogP contribution in [0, 0.1) is 23.2 Å². The van der Waals surface area contributed by atoms with Crippen molar-refractivity contribution in [1.82, 2.24) is 10.6 Å². The Morgan fingerprint density at radius 3 is 2.28 bits per heavy atom. The number of halogens is 2. The highest BCUT2D eigenvalue weighted by molar-refractivity contribution is 5.84. The van der Waals surface area contributed by atoms with Crippen LogP contribution in [0.5, 0.6) is 11.5 Å². The second-order valence-electron chi connectivity index (χ2n) is 9.67. The van der Waals surface area contributed by atoms with Crippen molar-refractivity contribution in [2.75, 3.05) is 20.2 Å². The maximum absolute atomic E-state index is 12.9. The second kappa shape index (κ2) is 9.63. The number of benzene rings is 1. The summed E-state index contributed by atoms with van der Waals surface area (Å²) in [6, 6.07) is 4.80. The van der Waals surface area contributed by atoms with Crippen LogP contribution in [-0.2, 0) is 16.0 Å². The van der Waals surface area contributed by atoms with Gasteiger partial charge < -0.3 is 20.1 Å². The molecule has 5 rings (SSSR count). The molecular weight excluding hydrogens is 418 g/mol. The van der Waals surface area contributed by atoms with Crippen molar-refractivity contribution in [1.29, 1.82) is 0 Å². The fourth-order valence-electron chi connectivity index (χ4n) is 6.37. The highest BCUT2D eigenvalue weighted by Crippen LogP contribution is 2.60. The summed E-state index contributed by atoms with van der Waals surface area (Å²) in [6.45, 7) is -2.24. The molecule has 0 radical (unpaired) electrons. The molecule has 1 aromatic carbocycles. The number of rotatable bonds is 10. The minimum Gasteiger partial charge on any atom is -0.493 e. The van der Waals surface area contributed by atoms with Gasteiger partial charge in [-0.2, -0.15) is 8.78 Å². The molecule has 0 saturated heterocycles. The predicted molar refractivity (Wildman–Crippen MR) is 115 cm³/mol. The summed E-state index contributed by atoms with van der Waals surface area (Å²) in [5.74, 6) is 2.31. The summed E-state index contributed by atoms with van der Waals surface area (Å²) in [7, 11) is 1.38. The molecule has 6 nitrogen and oxygen atoms in total. The van der Waals surface area contributed by atoms with Gasteiger partial charge in [0.05, 0.1) is 7.11 Å². The van der Waals surface area contributed by atoms with E-state index in [0.717, 1.165) is 24.8 Å². The van der Waals surface area contributed by atoms with E-state index in [4.69, 9.17) is 4.74 Å². The minimum atomic E-state index is -2.94. The Bertz CT molecular complexity index is 810. The topological polar surface area (TPSA) is 76.7 Å². The van der Waals surface area contributed by atoms with Crippen LogP contribution in [0.2, 0.25) is 0 Å². The highest BCUT2D eigenvalue weighted by atomic mass is 19.3. The van der Waals surface area contributed by atoms with Crippen LogP contribution in [0.15, 0.2) is 18.2 Å². The normalized spacial score (nSPS) is 27.9. The Balaban J connectivity index is 1.18. The number of hydrogen-bond acceptors (Lipinski definition) is 4. The molecule has 0 atom stereocenters. The van der Waals surface area contributed by atoms with E-state index in [2.05, 4.69) is 15.4 Å². The molecule has 0 aromatic heterocycles. The van der Waals surface area contributed by atoms with Crippen LogP contribution in [0.4, 0.5) is 8.78 Å². The van der Waals surface area contributed by atoms with E-state index < -0.39 is 6.61 Å². The average Bonchev–Trinajstić information content (AvgIpc) is 2.72. The number of methoxy groups -OCH3 is 1. The Labute approximate surface area is 187 Å². The van der Waals surface area contributed by atoms with Crippen LogP contribution >= 0.6 is 0 Å². The zero-order chi connectivity index (χ0) is 22.7. The van der Waals surface area contributed by atoms with Crippen LogP contribution in [0.25, 0.3) is 0 Å². The quantitative estimate of drug-likeness (QED) is 0.570. The smallest absolute Gasteiger partial charge is 0.387 e. The van der Waals surface area contributed by atoms with Gasteiger partial charge >= 0.3 is 6.61 Å². The summed E-state index contributed by atoms with van der Waals surface area (Å²) in [4.78, 5) is 25.1. The maximum Gasteiger partial charge on any atom is 0.387 e. The average molecular weight is 451 g/mol. The highest BCUT2D eigenvalue weighted by Gasteiger charge is 2.54. The van der Waals surface area contributed by atoms with Crippen LogP contribution < -0.4 is 20.1 Å². The van der Waals surface area contributed by atoms with Gasteiger partial charge in [0.25, 0.3) is 0 Å². The SMILES string of the molecule is COc1ccc(CCNC(=O)CCNC(=O)C23CC4CC(CC(C4)C2)C3)cc1OC(F)F. The van der Waals surface area contributed by atoms with Crippen molar-refractivity contribution in [3.05, 3.63) is 23.8 Å². The van der Waals surface area contributed by atoms with Crippen molar-refractivity contribution < 1.29 is 27.8 Å². The molecule has 8 heteroatoms. The summed E-state index contributed by atoms with van der Waals surface area (Å²) in [5, 5.41) is 5.83. The molecule has 4 aliphatic rings. The second-order valence-corrected chi connectivity index (χ2v) is 9.67. The molecule has 0 aliphatic heterocycles. The number of ether oxygens (including phenoxy) is 2. The minimum absolute atomic E-state index is 0.0290. The van der Waals surface area contributed by atoms with E-state index in [0.29, 0.717) is 37.3 Å². The lowest BCUT2D eigenvalue weighted by molar-refractivity contribution is -0.146. The standard InChI is InChI=1S/C24H32F2N2O4/c1-31-19-3-2-15(11-20(19)32-23(25)26)4-6-27-21(29)5-7-28-22(30)24-12-16-8-17(13-24)10-18(9-16)14-24/h2-3,11,16-18,23H,4-10,12-14H2,1H3,(H,27,29)(H,28,30). The third-order valence-electron chi connectivity index (χ3n) is 7.34. The van der Waals surface area contributed by atoms with Gasteiger partial charge in [0.2, 0.25) is 11.8 Å². The molecule has 4 fully saturated rings. The third-order valence-corrected chi connectivity index (χ3v) is 7.34. The molecule has 1 aromatic rings. The van der Waals surface area contributed by atoms with Crippen molar-refractivity contribution in [2.45, 2.75) is 58.0 Å². The van der Waals surface area contributed by atoms with E-state index >= 15 is 0 Å². The fraction of sp³-hybridized carbons (Fsp3) is 0.667. The van der Waals surface area contributed by atoms with E-state index in [1.165, 1.54) is 32.4 Å². The van der Waals surface area contributed by atoms with E-state index in [-0.39, 0.29) is 35.1 Å². The number of amides is 2. The first kappa shape index (κ1) is 22.8. The van der Waals surface area contributed by atoms with Crippen molar-refractivity contribution >= 4 is 11.8 Å². The van der Waals surface area contributed by atoms with Gasteiger partial charge in [-0.15, -0.1) is 0 Å². The molecule has 4 saturated carbocycles. The molecule has 0 unspecified atom stereocenters. The van der Waals surface area contributed by atoms with E-state index in [1.807, 2.05) is 0 Å². The molecule has 4 bridgehead atoms. The van der Waals surface area contributed by atoms with Gasteiger partial charge in [0, 0.05) is 24.9 Å². The maximum atomic E-state index is 12.9. The summed E-state index contributed by atoms with van der Waals surface area (Å²) < 4.78 is 34.6. The lowest BCUT2D eigenvalue weighted by Crippen LogP contribution is -2.53. The largest absolute Gasteiger partial charge is 0.493 e. The molecule has 0 spiro atoms. The van der Waals surface area contributed by atoms with Crippen LogP contribution in [-0.4, -0.2) is 38.6 Å². The molecular formula is C24H32F2N2O4. The first-order valence-electron chi connectivity index (χ1n) is 11.5. The number of hydrogen-bond donors (Lipinski definition) is 2. The van der Waals surface area contributed by atoms with Gasteiger partial charge in [-0.1, -0.05) is 6.07 Å². The van der Waals surface area contributed by atoms with E-state index in [1.54, 1.807) is 12.1 Å². The predicted octanol–water partition coefficient (Wildman–Crippen LogP) is 3.68. The van der Waals surface area contributed by atoms with Gasteiger partial charge in [-0.25, -0.2) is 0 Å². The van der Waals surface area contributed by atoms with Gasteiger partial charge in [0.15, 0.2) is 11.5 Å². The van der Waals surface area contributed by atoms with E-state index in [9.17, 15) is 18.4 Å². The number of nitrogens with one attached hydrogen (secondary N) is 2. The Hall–Kier alpha value is -2.38. The van der Waals surface area contributed by atoms with Gasteiger partial charge in [-0.3, -0.25) is 9.59 Å². The van der Waals surface area contributed by atoms with Gasteiger partial charge in [0.1, 0.15) is 0 Å². The number of carbonyl (C=O) groups excluding carboxylic acids is 2. The van der Waals surface area contributed by atoms with Crippen molar-refractivity contribution in [2.24, 2.45) is 23.2 Å². The zero-order valence-electron chi connectivity index (χ0n) is 18.5. The number of carbonyl (C=O) groups is 2. The lowest BCUT2D eigenvalue weighted by Gasteiger charge is -2.55. The summed E-state index contributed by atoms with van der Waals surface area (Å²) in [6.07, 6.45) is 7.59. The van der Waals surface area contributed by atoms with Crippen LogP contribution in [0.1, 0.15) is 50.5 Å². The first-order valence-corrected chi connectivity index (χ1v) is 11.5. The number of alkyl halides is 2. The third kappa shape index (κ3) is 5.15. The Morgan fingerprint density at radius 2 is 1.69 bits per heavy atom. The summed E-state index contributed by atoms with van der Waals surface area (Å²) >= 11 is 0. The van der Waals surface area contributed by atoms with Crippen LogP contribution in [0.3, 0.4) is 0 Å². The Kier molecular flexibility index (Phi) is 6.86. The van der Waals surface area contributed by atoms with Gasteiger partial charge in [-0.05, 0) is 80.4 Å². The zero-order valence-corrected chi connectivity index (χ0v) is 18.5. The summed E-state index contributed by atoms with van der Waals surface area (Å²) in [5.41, 5.74) is 0.550. The first-order chi connectivity index (χ1) is 15.4. The molecule has 2 N–H and O–H groups in total. The monoisotopic (exact) mass is 450 g/mol. The molecule has 32 heavy (non-hydrogen) atoms. The fourth-order valence-corrected chi connectivity index (χ4v) is 6.37. The molecule has 2 amide bonds. The lowest BCUT2D eigenvalue weighted by atomic mass is 9.49.